The Hall–Kier alpha value is -0.490. The van der Waals surface area contributed by atoms with Gasteiger partial charge < -0.3 is 10.2 Å². The zero-order valence-corrected chi connectivity index (χ0v) is 11.8. The molecule has 1 N–H and O–H groups in total. The SMILES string of the molecule is CNCc1sc(CN2CCN(C)CC2)nc1C. The largest absolute Gasteiger partial charge is 0.315 e. The lowest BCUT2D eigenvalue weighted by Crippen LogP contribution is -2.43. The molecule has 0 spiro atoms. The summed E-state index contributed by atoms with van der Waals surface area (Å²) in [5, 5.41) is 4.46. The molecule has 2 heterocycles. The predicted octanol–water partition coefficient (Wildman–Crippen LogP) is 0.918. The molecule has 4 nitrogen and oxygen atoms in total. The van der Waals surface area contributed by atoms with Crippen LogP contribution in [0.15, 0.2) is 0 Å². The van der Waals surface area contributed by atoms with Gasteiger partial charge in [-0.2, -0.15) is 0 Å². The molecule has 0 aromatic carbocycles. The summed E-state index contributed by atoms with van der Waals surface area (Å²) < 4.78 is 0. The van der Waals surface area contributed by atoms with E-state index in [4.69, 9.17) is 0 Å². The highest BCUT2D eigenvalue weighted by atomic mass is 32.1. The second-order valence-electron chi connectivity index (χ2n) is 4.73. The number of likely N-dealkylation sites (N-methyl/N-ethyl adjacent to an activating group) is 1. The van der Waals surface area contributed by atoms with E-state index >= 15 is 0 Å². The van der Waals surface area contributed by atoms with Crippen LogP contribution in [0.3, 0.4) is 0 Å². The number of nitrogens with one attached hydrogen (secondary N) is 1. The van der Waals surface area contributed by atoms with E-state index in [1.54, 1.807) is 0 Å². The van der Waals surface area contributed by atoms with Gasteiger partial charge in [0.25, 0.3) is 0 Å². The quantitative estimate of drug-likeness (QED) is 0.866. The third-order valence-corrected chi connectivity index (χ3v) is 4.37. The van der Waals surface area contributed by atoms with Crippen molar-refractivity contribution >= 4 is 11.3 Å². The third-order valence-electron chi connectivity index (χ3n) is 3.23. The van der Waals surface area contributed by atoms with Gasteiger partial charge in [0, 0.05) is 37.6 Å². The number of piperazine rings is 1. The fourth-order valence-electron chi connectivity index (χ4n) is 2.08. The van der Waals surface area contributed by atoms with Crippen LogP contribution in [0.2, 0.25) is 0 Å². The molecule has 0 amide bonds. The van der Waals surface area contributed by atoms with Crippen molar-refractivity contribution in [3.8, 4) is 0 Å². The molecular weight excluding hydrogens is 232 g/mol. The Labute approximate surface area is 108 Å². The summed E-state index contributed by atoms with van der Waals surface area (Å²) in [5.41, 5.74) is 1.19. The van der Waals surface area contributed by atoms with Gasteiger partial charge in [0.2, 0.25) is 0 Å². The average Bonchev–Trinajstić information content (AvgIpc) is 2.63. The molecular formula is C12H22N4S. The molecule has 1 aliphatic rings. The number of rotatable bonds is 4. The number of thiazole rings is 1. The minimum Gasteiger partial charge on any atom is -0.315 e. The molecule has 1 aromatic heterocycles. The van der Waals surface area contributed by atoms with Crippen molar-refractivity contribution in [1.29, 1.82) is 0 Å². The first kappa shape index (κ1) is 13.0. The summed E-state index contributed by atoms with van der Waals surface area (Å²) >= 11 is 1.85. The molecule has 1 fully saturated rings. The summed E-state index contributed by atoms with van der Waals surface area (Å²) in [5.74, 6) is 0. The number of aromatic nitrogens is 1. The molecule has 1 aliphatic heterocycles. The monoisotopic (exact) mass is 254 g/mol. The fraction of sp³-hybridized carbons (Fsp3) is 0.750. The van der Waals surface area contributed by atoms with Crippen LogP contribution in [0.5, 0.6) is 0 Å². The Morgan fingerprint density at radius 1 is 1.29 bits per heavy atom. The van der Waals surface area contributed by atoms with Crippen LogP contribution >= 0.6 is 11.3 Å². The van der Waals surface area contributed by atoms with E-state index in [0.717, 1.165) is 26.2 Å². The Bertz CT molecular complexity index is 355. The van der Waals surface area contributed by atoms with Crippen molar-refractivity contribution in [1.82, 2.24) is 20.1 Å². The highest BCUT2D eigenvalue weighted by Gasteiger charge is 2.16. The summed E-state index contributed by atoms with van der Waals surface area (Å²) in [7, 11) is 4.18. The smallest absolute Gasteiger partial charge is 0.107 e. The van der Waals surface area contributed by atoms with Crippen molar-refractivity contribution < 1.29 is 0 Å². The Balaban J connectivity index is 1.92. The Morgan fingerprint density at radius 3 is 2.65 bits per heavy atom. The highest BCUT2D eigenvalue weighted by Crippen LogP contribution is 2.19. The van der Waals surface area contributed by atoms with E-state index in [1.807, 2.05) is 18.4 Å². The van der Waals surface area contributed by atoms with Gasteiger partial charge in [-0.25, -0.2) is 4.98 Å². The number of aryl methyl sites for hydroxylation is 1. The van der Waals surface area contributed by atoms with E-state index in [-0.39, 0.29) is 0 Å². The molecule has 17 heavy (non-hydrogen) atoms. The van der Waals surface area contributed by atoms with Crippen LogP contribution in [0, 0.1) is 6.92 Å². The maximum absolute atomic E-state index is 4.67. The van der Waals surface area contributed by atoms with E-state index in [0.29, 0.717) is 0 Å². The molecule has 0 aliphatic carbocycles. The van der Waals surface area contributed by atoms with Gasteiger partial charge in [0.05, 0.1) is 12.2 Å². The molecule has 0 radical (unpaired) electrons. The van der Waals surface area contributed by atoms with E-state index in [2.05, 4.69) is 34.1 Å². The average molecular weight is 254 g/mol. The van der Waals surface area contributed by atoms with Crippen molar-refractivity contribution in [3.05, 3.63) is 15.6 Å². The lowest BCUT2D eigenvalue weighted by molar-refractivity contribution is 0.148. The zero-order chi connectivity index (χ0) is 12.3. The van der Waals surface area contributed by atoms with Gasteiger partial charge in [-0.05, 0) is 21.0 Å². The van der Waals surface area contributed by atoms with E-state index < -0.39 is 0 Å². The van der Waals surface area contributed by atoms with Crippen LogP contribution in [-0.4, -0.2) is 55.1 Å². The number of hydrogen-bond donors (Lipinski definition) is 1. The van der Waals surface area contributed by atoms with Crippen molar-refractivity contribution in [2.24, 2.45) is 0 Å². The second kappa shape index (κ2) is 5.91. The summed E-state index contributed by atoms with van der Waals surface area (Å²) in [6, 6.07) is 0. The highest BCUT2D eigenvalue weighted by molar-refractivity contribution is 7.11. The van der Waals surface area contributed by atoms with E-state index in [9.17, 15) is 0 Å². The summed E-state index contributed by atoms with van der Waals surface area (Å²) in [6.45, 7) is 8.74. The number of hydrogen-bond acceptors (Lipinski definition) is 5. The second-order valence-corrected chi connectivity index (χ2v) is 5.89. The first-order valence-corrected chi connectivity index (χ1v) is 7.01. The van der Waals surface area contributed by atoms with E-state index in [1.165, 1.54) is 28.7 Å². The van der Waals surface area contributed by atoms with Gasteiger partial charge in [-0.1, -0.05) is 0 Å². The zero-order valence-electron chi connectivity index (χ0n) is 11.0. The van der Waals surface area contributed by atoms with Crippen LogP contribution in [0.1, 0.15) is 15.6 Å². The topological polar surface area (TPSA) is 31.4 Å². The maximum Gasteiger partial charge on any atom is 0.107 e. The van der Waals surface area contributed by atoms with Crippen molar-refractivity contribution in [2.45, 2.75) is 20.0 Å². The summed E-state index contributed by atoms with van der Waals surface area (Å²) in [4.78, 5) is 10.9. The molecule has 1 aromatic rings. The molecule has 2 rings (SSSR count). The van der Waals surface area contributed by atoms with Crippen LogP contribution < -0.4 is 5.32 Å². The van der Waals surface area contributed by atoms with Gasteiger partial charge in [-0.3, -0.25) is 4.90 Å². The molecule has 0 bridgehead atoms. The minimum atomic E-state index is 0.937. The molecule has 0 saturated carbocycles. The normalized spacial score (nSPS) is 18.8. The lowest BCUT2D eigenvalue weighted by atomic mass is 10.3. The maximum atomic E-state index is 4.67. The first-order valence-electron chi connectivity index (χ1n) is 6.19. The molecule has 1 saturated heterocycles. The standard InChI is InChI=1S/C12H22N4S/c1-10-11(8-13-2)17-12(14-10)9-16-6-4-15(3)5-7-16/h13H,4-9H2,1-3H3. The summed E-state index contributed by atoms with van der Waals surface area (Å²) in [6.07, 6.45) is 0. The molecule has 5 heteroatoms. The molecule has 0 unspecified atom stereocenters. The fourth-order valence-corrected chi connectivity index (χ4v) is 3.20. The van der Waals surface area contributed by atoms with Crippen LogP contribution in [0.25, 0.3) is 0 Å². The molecule has 96 valence electrons. The van der Waals surface area contributed by atoms with Crippen molar-refractivity contribution in [3.63, 3.8) is 0 Å². The minimum absolute atomic E-state index is 0.937. The first-order chi connectivity index (χ1) is 8.19. The van der Waals surface area contributed by atoms with Gasteiger partial charge in [-0.15, -0.1) is 11.3 Å². The van der Waals surface area contributed by atoms with Crippen LogP contribution in [0.4, 0.5) is 0 Å². The van der Waals surface area contributed by atoms with Crippen molar-refractivity contribution in [2.75, 3.05) is 40.3 Å². The van der Waals surface area contributed by atoms with Gasteiger partial charge >= 0.3 is 0 Å². The Kier molecular flexibility index (Phi) is 4.50. The van der Waals surface area contributed by atoms with Gasteiger partial charge in [0.15, 0.2) is 0 Å². The Morgan fingerprint density at radius 2 is 2.00 bits per heavy atom. The predicted molar refractivity (Wildman–Crippen MR) is 72.4 cm³/mol. The molecule has 0 atom stereocenters. The third kappa shape index (κ3) is 3.48. The van der Waals surface area contributed by atoms with Gasteiger partial charge in [0.1, 0.15) is 5.01 Å². The van der Waals surface area contributed by atoms with Crippen LogP contribution in [-0.2, 0) is 13.1 Å². The lowest BCUT2D eigenvalue weighted by Gasteiger charge is -2.31. The number of nitrogens with zero attached hydrogens (tertiary/aromatic N) is 3.